The minimum atomic E-state index is -0.148. The molecule has 1 aromatic carbocycles. The molecule has 3 nitrogen and oxygen atoms in total. The van der Waals surface area contributed by atoms with E-state index in [1.165, 1.54) is 0 Å². The molecule has 0 heterocycles. The summed E-state index contributed by atoms with van der Waals surface area (Å²) in [5, 5.41) is 4.12. The van der Waals surface area contributed by atoms with Crippen LogP contribution < -0.4 is 5.43 Å². The van der Waals surface area contributed by atoms with E-state index in [0.717, 1.165) is 36.3 Å². The molecule has 0 saturated carbocycles. The monoisotopic (exact) mass is 292 g/mol. The molecule has 4 heteroatoms. The number of hydrogen-bond acceptors (Lipinski definition) is 3. The minimum absolute atomic E-state index is 0.0384. The molecule has 110 valence electrons. The second kappa shape index (κ2) is 9.59. The molecule has 0 saturated heterocycles. The number of hydrogen-bond donors (Lipinski definition) is 1. The van der Waals surface area contributed by atoms with Crippen molar-refractivity contribution in [2.45, 2.75) is 56.6 Å². The highest BCUT2D eigenvalue weighted by Crippen LogP contribution is 2.22. The van der Waals surface area contributed by atoms with Gasteiger partial charge in [-0.1, -0.05) is 44.9 Å². The fourth-order valence-corrected chi connectivity index (χ4v) is 2.68. The Balaban J connectivity index is 2.50. The normalized spacial score (nSPS) is 11.8. The van der Waals surface area contributed by atoms with Crippen LogP contribution in [0.5, 0.6) is 0 Å². The highest BCUT2D eigenvalue weighted by molar-refractivity contribution is 8.00. The van der Waals surface area contributed by atoms with Gasteiger partial charge in [0.05, 0.1) is 5.25 Å². The van der Waals surface area contributed by atoms with Crippen LogP contribution in [0.2, 0.25) is 0 Å². The van der Waals surface area contributed by atoms with Gasteiger partial charge in [0.2, 0.25) is 0 Å². The first-order chi connectivity index (χ1) is 9.67. The molecule has 0 aromatic heterocycles. The third-order valence-electron chi connectivity index (χ3n) is 2.83. The minimum Gasteiger partial charge on any atom is -0.272 e. The SMILES string of the molecule is CCCC(CCC)=NNC(=O)[C@H](C)Sc1ccccc1. The number of rotatable bonds is 8. The van der Waals surface area contributed by atoms with Gasteiger partial charge in [-0.3, -0.25) is 4.79 Å². The zero-order chi connectivity index (χ0) is 14.8. The van der Waals surface area contributed by atoms with Crippen molar-refractivity contribution in [3.63, 3.8) is 0 Å². The maximum atomic E-state index is 12.0. The number of carbonyl (C=O) groups is 1. The van der Waals surface area contributed by atoms with Crippen LogP contribution in [-0.2, 0) is 4.79 Å². The molecule has 0 radical (unpaired) electrons. The number of hydrazone groups is 1. The molecule has 1 atom stereocenters. The summed E-state index contributed by atoms with van der Waals surface area (Å²) in [4.78, 5) is 13.1. The maximum Gasteiger partial charge on any atom is 0.253 e. The van der Waals surface area contributed by atoms with E-state index in [9.17, 15) is 4.79 Å². The summed E-state index contributed by atoms with van der Waals surface area (Å²) in [7, 11) is 0. The van der Waals surface area contributed by atoms with Crippen molar-refractivity contribution >= 4 is 23.4 Å². The van der Waals surface area contributed by atoms with E-state index >= 15 is 0 Å². The highest BCUT2D eigenvalue weighted by atomic mass is 32.2. The van der Waals surface area contributed by atoms with Gasteiger partial charge in [0.15, 0.2) is 0 Å². The summed E-state index contributed by atoms with van der Waals surface area (Å²) in [6.45, 7) is 6.16. The predicted molar refractivity (Wildman–Crippen MR) is 87.2 cm³/mol. The first kappa shape index (κ1) is 16.8. The lowest BCUT2D eigenvalue weighted by molar-refractivity contribution is -0.120. The molecule has 1 N–H and O–H groups in total. The second-order valence-electron chi connectivity index (χ2n) is 4.73. The van der Waals surface area contributed by atoms with Gasteiger partial charge in [0.25, 0.3) is 5.91 Å². The molecular formula is C16H24N2OS. The Labute approximate surface area is 126 Å². The highest BCUT2D eigenvalue weighted by Gasteiger charge is 2.13. The van der Waals surface area contributed by atoms with Crippen molar-refractivity contribution in [2.75, 3.05) is 0 Å². The van der Waals surface area contributed by atoms with E-state index in [4.69, 9.17) is 0 Å². The number of nitrogens with one attached hydrogen (secondary N) is 1. The van der Waals surface area contributed by atoms with E-state index < -0.39 is 0 Å². The summed E-state index contributed by atoms with van der Waals surface area (Å²) in [5.74, 6) is -0.0384. The number of carbonyl (C=O) groups excluding carboxylic acids is 1. The lowest BCUT2D eigenvalue weighted by Crippen LogP contribution is -2.27. The Bertz CT molecular complexity index is 423. The molecule has 1 amide bonds. The third-order valence-corrected chi connectivity index (χ3v) is 3.94. The lowest BCUT2D eigenvalue weighted by atomic mass is 10.1. The van der Waals surface area contributed by atoms with E-state index in [-0.39, 0.29) is 11.2 Å². The molecule has 0 fully saturated rings. The summed E-state index contributed by atoms with van der Waals surface area (Å²) in [6, 6.07) is 9.95. The summed E-state index contributed by atoms with van der Waals surface area (Å²) < 4.78 is 0. The standard InChI is InChI=1S/C16H24N2OS/c1-4-9-14(10-5-2)17-18-16(19)13(3)20-15-11-7-6-8-12-15/h6-8,11-13H,4-5,9-10H2,1-3H3,(H,18,19)/t13-/m0/s1. The molecular weight excluding hydrogens is 268 g/mol. The van der Waals surface area contributed by atoms with E-state index in [2.05, 4.69) is 24.4 Å². The van der Waals surface area contributed by atoms with Crippen LogP contribution in [0, 0.1) is 0 Å². The summed E-state index contributed by atoms with van der Waals surface area (Å²) in [6.07, 6.45) is 4.02. The van der Waals surface area contributed by atoms with Crippen LogP contribution in [-0.4, -0.2) is 16.9 Å². The third kappa shape index (κ3) is 6.24. The number of benzene rings is 1. The van der Waals surface area contributed by atoms with Gasteiger partial charge in [0.1, 0.15) is 0 Å². The first-order valence-electron chi connectivity index (χ1n) is 7.24. The molecule has 0 aliphatic rings. The maximum absolute atomic E-state index is 12.0. The summed E-state index contributed by atoms with van der Waals surface area (Å²) >= 11 is 1.55. The van der Waals surface area contributed by atoms with Crippen LogP contribution in [0.15, 0.2) is 40.3 Å². The van der Waals surface area contributed by atoms with Gasteiger partial charge in [-0.25, -0.2) is 5.43 Å². The topological polar surface area (TPSA) is 41.5 Å². The molecule has 20 heavy (non-hydrogen) atoms. The Hall–Kier alpha value is -1.29. The van der Waals surface area contributed by atoms with Crippen molar-refractivity contribution < 1.29 is 4.79 Å². The predicted octanol–water partition coefficient (Wildman–Crippen LogP) is 4.24. The van der Waals surface area contributed by atoms with Gasteiger partial charge in [0, 0.05) is 10.6 Å². The molecule has 1 rings (SSSR count). The van der Waals surface area contributed by atoms with Crippen LogP contribution in [0.4, 0.5) is 0 Å². The second-order valence-corrected chi connectivity index (χ2v) is 6.14. The zero-order valence-electron chi connectivity index (χ0n) is 12.6. The Morgan fingerprint density at radius 1 is 1.20 bits per heavy atom. The van der Waals surface area contributed by atoms with Gasteiger partial charge in [-0.2, -0.15) is 5.10 Å². The van der Waals surface area contributed by atoms with Crippen molar-refractivity contribution in [2.24, 2.45) is 5.10 Å². The number of thioether (sulfide) groups is 1. The average Bonchev–Trinajstić information content (AvgIpc) is 2.46. The fraction of sp³-hybridized carbons (Fsp3) is 0.500. The van der Waals surface area contributed by atoms with Crippen molar-refractivity contribution in [3.05, 3.63) is 30.3 Å². The summed E-state index contributed by atoms with van der Waals surface area (Å²) in [5.41, 5.74) is 3.78. The quantitative estimate of drug-likeness (QED) is 0.442. The van der Waals surface area contributed by atoms with Crippen LogP contribution in [0.3, 0.4) is 0 Å². The van der Waals surface area contributed by atoms with Crippen LogP contribution in [0.1, 0.15) is 46.5 Å². The molecule has 0 unspecified atom stereocenters. The largest absolute Gasteiger partial charge is 0.272 e. The van der Waals surface area contributed by atoms with Crippen molar-refractivity contribution in [3.8, 4) is 0 Å². The van der Waals surface area contributed by atoms with Gasteiger partial charge in [-0.15, -0.1) is 11.8 Å². The van der Waals surface area contributed by atoms with Gasteiger partial charge < -0.3 is 0 Å². The van der Waals surface area contributed by atoms with Crippen molar-refractivity contribution in [1.29, 1.82) is 0 Å². The van der Waals surface area contributed by atoms with E-state index in [1.54, 1.807) is 11.8 Å². The fourth-order valence-electron chi connectivity index (χ4n) is 1.80. The molecule has 0 aliphatic carbocycles. The molecule has 0 spiro atoms. The molecule has 1 aromatic rings. The number of nitrogens with zero attached hydrogens (tertiary/aromatic N) is 1. The zero-order valence-corrected chi connectivity index (χ0v) is 13.4. The Morgan fingerprint density at radius 3 is 2.35 bits per heavy atom. The average molecular weight is 292 g/mol. The van der Waals surface area contributed by atoms with Crippen molar-refractivity contribution in [1.82, 2.24) is 5.43 Å². The lowest BCUT2D eigenvalue weighted by Gasteiger charge is -2.10. The Kier molecular flexibility index (Phi) is 8.04. The van der Waals surface area contributed by atoms with Gasteiger partial charge in [-0.05, 0) is 31.9 Å². The smallest absolute Gasteiger partial charge is 0.253 e. The van der Waals surface area contributed by atoms with E-state index in [0.29, 0.717) is 0 Å². The van der Waals surface area contributed by atoms with Gasteiger partial charge >= 0.3 is 0 Å². The Morgan fingerprint density at radius 2 is 1.80 bits per heavy atom. The molecule has 0 aliphatic heterocycles. The number of amides is 1. The van der Waals surface area contributed by atoms with Crippen LogP contribution in [0.25, 0.3) is 0 Å². The van der Waals surface area contributed by atoms with E-state index in [1.807, 2.05) is 37.3 Å². The first-order valence-corrected chi connectivity index (χ1v) is 8.12. The van der Waals surface area contributed by atoms with Crippen LogP contribution >= 0.6 is 11.8 Å². The molecule has 0 bridgehead atoms.